The van der Waals surface area contributed by atoms with Gasteiger partial charge in [0, 0.05) is 0 Å². The summed E-state index contributed by atoms with van der Waals surface area (Å²) in [6.07, 6.45) is 4.35. The second-order valence-electron chi connectivity index (χ2n) is 4.72. The highest BCUT2D eigenvalue weighted by Crippen LogP contribution is 2.33. The average Bonchev–Trinajstić information content (AvgIpc) is 2.05. The molecule has 2 unspecified atom stereocenters. The van der Waals surface area contributed by atoms with E-state index in [2.05, 4.69) is 27.5 Å². The third-order valence-corrected chi connectivity index (χ3v) is 3.76. The Balaban J connectivity index is 2.51. The van der Waals surface area contributed by atoms with Gasteiger partial charge in [-0.25, -0.2) is 0 Å². The minimum absolute atomic E-state index is 0.954. The van der Waals surface area contributed by atoms with E-state index in [1.807, 2.05) is 0 Å². The van der Waals surface area contributed by atoms with Crippen LogP contribution in [0.25, 0.3) is 0 Å². The van der Waals surface area contributed by atoms with Crippen LogP contribution >= 0.6 is 0 Å². The molecule has 62 valence electrons. The largest absolute Gasteiger partial charge is 0.139 e. The summed E-state index contributed by atoms with van der Waals surface area (Å²) in [6.45, 7) is 11.6. The molecule has 0 bridgehead atoms. The Morgan fingerprint density at radius 3 is 2.27 bits per heavy atom. The zero-order valence-electron chi connectivity index (χ0n) is 8.43. The van der Waals surface area contributed by atoms with Crippen LogP contribution in [0.15, 0.2) is 0 Å². The molecule has 0 aromatic carbocycles. The molecule has 0 radical (unpaired) electrons. The maximum atomic E-state index is 2.42. The van der Waals surface area contributed by atoms with Gasteiger partial charge in [0.15, 0.2) is 0 Å². The number of hydrogen-bond donors (Lipinski definition) is 0. The molecule has 0 N–H and O–H groups in total. The van der Waals surface area contributed by atoms with E-state index in [0.29, 0.717) is 0 Å². The molecule has 1 aliphatic rings. The van der Waals surface area contributed by atoms with Crippen molar-refractivity contribution in [2.75, 3.05) is 0 Å². The Morgan fingerprint density at radius 2 is 1.64 bits per heavy atom. The molecule has 0 spiro atoms. The van der Waals surface area contributed by atoms with E-state index in [0.717, 1.165) is 25.1 Å². The molecular weight excluding hydrogens is 130 g/mol. The van der Waals surface area contributed by atoms with Crippen LogP contribution in [0.1, 0.15) is 20.3 Å². The summed E-state index contributed by atoms with van der Waals surface area (Å²) >= 11 is 0. The van der Waals surface area contributed by atoms with E-state index in [4.69, 9.17) is 0 Å². The molecule has 1 heterocycles. The molecule has 1 aliphatic heterocycles. The predicted octanol–water partition coefficient (Wildman–Crippen LogP) is 3.42. The normalized spacial score (nSPS) is 33.8. The van der Waals surface area contributed by atoms with Crippen LogP contribution in [-0.4, -0.2) is 13.4 Å². The average molecular weight is 150 g/mol. The minimum atomic E-state index is 0.954. The molecule has 0 aromatic heterocycles. The van der Waals surface area contributed by atoms with Gasteiger partial charge in [0.2, 0.25) is 0 Å². The number of hydrogen-bond acceptors (Lipinski definition) is 0. The lowest BCUT2D eigenvalue weighted by molar-refractivity contribution is 0.854. The molecule has 1 fully saturated rings. The van der Waals surface area contributed by atoms with Gasteiger partial charge in [-0.2, -0.15) is 0 Å². The molecule has 0 aliphatic carbocycles. The molecule has 2 atom stereocenters. The SMILES string of the molecule is CB1CC(C)B(C)CCC1C. The number of rotatable bonds is 0. The van der Waals surface area contributed by atoms with Crippen molar-refractivity contribution in [1.29, 1.82) is 0 Å². The molecule has 0 aromatic rings. The summed E-state index contributed by atoms with van der Waals surface area (Å²) in [5.41, 5.74) is 0. The molecule has 2 heteroatoms. The van der Waals surface area contributed by atoms with Crippen molar-refractivity contribution in [2.24, 2.45) is 0 Å². The first-order valence-electron chi connectivity index (χ1n) is 5.11. The standard InChI is InChI=1S/C9H20B2/c1-8-5-6-10(3)9(2)7-11(8)4/h8-9H,5-7H2,1-4H3. The van der Waals surface area contributed by atoms with Crippen LogP contribution in [0.5, 0.6) is 0 Å². The zero-order chi connectivity index (χ0) is 8.43. The summed E-state index contributed by atoms with van der Waals surface area (Å²) in [4.78, 5) is 0. The Labute approximate surface area is 72.3 Å². The van der Waals surface area contributed by atoms with Crippen molar-refractivity contribution >= 4 is 13.4 Å². The fourth-order valence-corrected chi connectivity index (χ4v) is 2.15. The second-order valence-corrected chi connectivity index (χ2v) is 4.72. The van der Waals surface area contributed by atoms with Crippen molar-refractivity contribution in [2.45, 2.75) is 58.2 Å². The first kappa shape index (κ1) is 9.22. The first-order valence-corrected chi connectivity index (χ1v) is 5.11. The van der Waals surface area contributed by atoms with Crippen LogP contribution in [0.4, 0.5) is 0 Å². The van der Waals surface area contributed by atoms with E-state index < -0.39 is 0 Å². The molecule has 0 nitrogen and oxygen atoms in total. The van der Waals surface area contributed by atoms with Crippen molar-refractivity contribution < 1.29 is 0 Å². The first-order chi connectivity index (χ1) is 5.11. The highest BCUT2D eigenvalue weighted by atomic mass is 14.0. The third-order valence-electron chi connectivity index (χ3n) is 3.76. The topological polar surface area (TPSA) is 0 Å². The van der Waals surface area contributed by atoms with Crippen LogP contribution < -0.4 is 0 Å². The second kappa shape index (κ2) is 3.69. The highest BCUT2D eigenvalue weighted by Gasteiger charge is 2.27. The molecule has 11 heavy (non-hydrogen) atoms. The van der Waals surface area contributed by atoms with Crippen molar-refractivity contribution in [3.63, 3.8) is 0 Å². The van der Waals surface area contributed by atoms with Gasteiger partial charge in [0.05, 0.1) is 0 Å². The van der Waals surface area contributed by atoms with E-state index >= 15 is 0 Å². The van der Waals surface area contributed by atoms with E-state index in [-0.39, 0.29) is 0 Å². The fraction of sp³-hybridized carbons (Fsp3) is 1.00. The van der Waals surface area contributed by atoms with Gasteiger partial charge in [-0.15, -0.1) is 0 Å². The van der Waals surface area contributed by atoms with Gasteiger partial charge in [-0.05, 0) is 0 Å². The Morgan fingerprint density at radius 1 is 1.00 bits per heavy atom. The Bertz CT molecular complexity index is 111. The smallest absolute Gasteiger partial charge is 0.0859 e. The van der Waals surface area contributed by atoms with Crippen molar-refractivity contribution in [3.05, 3.63) is 0 Å². The highest BCUT2D eigenvalue weighted by molar-refractivity contribution is 6.66. The van der Waals surface area contributed by atoms with E-state index in [1.54, 1.807) is 0 Å². The summed E-state index contributed by atoms with van der Waals surface area (Å²) in [5, 5.41) is 0. The lowest BCUT2D eigenvalue weighted by atomic mass is 9.35. The van der Waals surface area contributed by atoms with E-state index in [1.165, 1.54) is 19.1 Å². The quantitative estimate of drug-likeness (QED) is 0.464. The Hall–Kier alpha value is 0.130. The van der Waals surface area contributed by atoms with Gasteiger partial charge in [-0.1, -0.05) is 58.2 Å². The maximum Gasteiger partial charge on any atom is 0.139 e. The lowest BCUT2D eigenvalue weighted by Crippen LogP contribution is -2.15. The summed E-state index contributed by atoms with van der Waals surface area (Å²) in [7, 11) is 0. The monoisotopic (exact) mass is 150 g/mol. The molecule has 0 saturated carbocycles. The summed E-state index contributed by atoms with van der Waals surface area (Å²) < 4.78 is 0. The molecule has 1 saturated heterocycles. The molecule has 1 rings (SSSR count). The summed E-state index contributed by atoms with van der Waals surface area (Å²) in [6, 6.07) is 0. The van der Waals surface area contributed by atoms with Gasteiger partial charge in [0.1, 0.15) is 13.4 Å². The molecular formula is C9H20B2. The van der Waals surface area contributed by atoms with Crippen molar-refractivity contribution in [3.8, 4) is 0 Å². The minimum Gasteiger partial charge on any atom is -0.0859 e. The van der Waals surface area contributed by atoms with Gasteiger partial charge in [-0.3, -0.25) is 0 Å². The third kappa shape index (κ3) is 2.28. The van der Waals surface area contributed by atoms with Gasteiger partial charge >= 0.3 is 0 Å². The van der Waals surface area contributed by atoms with E-state index in [9.17, 15) is 0 Å². The molecule has 0 amide bonds. The van der Waals surface area contributed by atoms with Crippen LogP contribution in [0, 0.1) is 0 Å². The van der Waals surface area contributed by atoms with Crippen LogP contribution in [-0.2, 0) is 0 Å². The lowest BCUT2D eigenvalue weighted by Gasteiger charge is -2.15. The van der Waals surface area contributed by atoms with Crippen molar-refractivity contribution in [1.82, 2.24) is 0 Å². The Kier molecular flexibility index (Phi) is 3.09. The fourth-order valence-electron chi connectivity index (χ4n) is 2.15. The van der Waals surface area contributed by atoms with Gasteiger partial charge in [0.25, 0.3) is 0 Å². The van der Waals surface area contributed by atoms with Gasteiger partial charge < -0.3 is 0 Å². The summed E-state index contributed by atoms with van der Waals surface area (Å²) in [5.74, 6) is 1.91. The van der Waals surface area contributed by atoms with Crippen LogP contribution in [0.2, 0.25) is 37.9 Å². The maximum absolute atomic E-state index is 2.42. The predicted molar refractivity (Wildman–Crippen MR) is 56.3 cm³/mol. The van der Waals surface area contributed by atoms with Crippen LogP contribution in [0.3, 0.4) is 0 Å². The zero-order valence-corrected chi connectivity index (χ0v) is 8.43.